The molecular weight excluding hydrogens is 393 g/mol. The molecule has 0 bridgehead atoms. The average molecular weight is 426 g/mol. The Bertz CT molecular complexity index is 666. The van der Waals surface area contributed by atoms with Crippen LogP contribution in [0.5, 0.6) is 0 Å². The maximum absolute atomic E-state index is 14.0. The van der Waals surface area contributed by atoms with Gasteiger partial charge in [0.05, 0.1) is 18.8 Å². The lowest BCUT2D eigenvalue weighted by Crippen LogP contribution is -2.49. The number of nitrogens with zero attached hydrogens (tertiary/aromatic N) is 3. The van der Waals surface area contributed by atoms with Crippen molar-refractivity contribution in [2.45, 2.75) is 45.4 Å². The fourth-order valence-electron chi connectivity index (χ4n) is 4.45. The second-order valence-electron chi connectivity index (χ2n) is 8.65. The van der Waals surface area contributed by atoms with Crippen LogP contribution >= 0.6 is 11.6 Å². The Kier molecular flexibility index (Phi) is 7.91. The summed E-state index contributed by atoms with van der Waals surface area (Å²) in [4.78, 5) is 18.9. The topological polar surface area (TPSA) is 36.0 Å². The number of likely N-dealkylation sites (tertiary alicyclic amines) is 1. The van der Waals surface area contributed by atoms with E-state index < -0.39 is 0 Å². The van der Waals surface area contributed by atoms with E-state index in [1.165, 1.54) is 6.07 Å². The van der Waals surface area contributed by atoms with E-state index in [0.717, 1.165) is 45.6 Å². The molecule has 1 aromatic carbocycles. The molecule has 29 heavy (non-hydrogen) atoms. The number of amides is 1. The van der Waals surface area contributed by atoms with Gasteiger partial charge in [0.25, 0.3) is 0 Å². The molecule has 162 valence electrons. The number of hydrogen-bond donors (Lipinski definition) is 0. The van der Waals surface area contributed by atoms with Crippen molar-refractivity contribution in [2.75, 3.05) is 46.3 Å². The van der Waals surface area contributed by atoms with E-state index in [1.54, 1.807) is 24.1 Å². The molecule has 2 atom stereocenters. The Morgan fingerprint density at radius 1 is 1.21 bits per heavy atom. The molecule has 3 rings (SSSR count). The number of carbonyl (C=O) groups excluding carboxylic acids is 1. The van der Waals surface area contributed by atoms with E-state index in [-0.39, 0.29) is 18.3 Å². The van der Waals surface area contributed by atoms with Crippen LogP contribution in [-0.4, -0.2) is 79.1 Å². The smallest absolute Gasteiger partial charge is 0.236 e. The molecule has 2 saturated heterocycles. The molecule has 2 fully saturated rings. The van der Waals surface area contributed by atoms with Crippen LogP contribution in [0.2, 0.25) is 5.02 Å². The first-order chi connectivity index (χ1) is 13.8. The second kappa shape index (κ2) is 10.2. The quantitative estimate of drug-likeness (QED) is 0.701. The molecule has 0 spiro atoms. The summed E-state index contributed by atoms with van der Waals surface area (Å²) in [7, 11) is 1.71. The molecule has 2 aliphatic heterocycles. The van der Waals surface area contributed by atoms with Crippen molar-refractivity contribution >= 4 is 17.5 Å². The van der Waals surface area contributed by atoms with Gasteiger partial charge in [-0.25, -0.2) is 4.39 Å². The number of benzene rings is 1. The first kappa shape index (κ1) is 22.5. The molecule has 2 unspecified atom stereocenters. The number of morpholine rings is 1. The number of carbonyl (C=O) groups is 1. The number of rotatable bonds is 6. The van der Waals surface area contributed by atoms with Gasteiger partial charge in [-0.15, -0.1) is 0 Å². The highest BCUT2D eigenvalue weighted by Crippen LogP contribution is 2.22. The SMILES string of the molecule is CC1CN(CC2CCN(CC(=O)N(C)Cc3c(F)cccc3Cl)CC2)CC(C)O1. The summed E-state index contributed by atoms with van der Waals surface area (Å²) in [6, 6.07) is 4.60. The standard InChI is InChI=1S/C22H33ClFN3O2/c1-16-11-27(12-17(2)29-16)13-18-7-9-26(10-8-18)15-22(28)25(3)14-19-20(23)5-4-6-21(19)24/h4-6,16-18H,7-15H2,1-3H3. The fraction of sp³-hybridized carbons (Fsp3) is 0.682. The zero-order valence-electron chi connectivity index (χ0n) is 17.7. The Morgan fingerprint density at radius 2 is 1.86 bits per heavy atom. The predicted octanol–water partition coefficient (Wildman–Crippen LogP) is 3.26. The lowest BCUT2D eigenvalue weighted by atomic mass is 9.95. The van der Waals surface area contributed by atoms with Gasteiger partial charge in [-0.05, 0) is 57.8 Å². The third-order valence-corrected chi connectivity index (χ3v) is 6.31. The summed E-state index contributed by atoms with van der Waals surface area (Å²) in [5.41, 5.74) is 0.373. The fourth-order valence-corrected chi connectivity index (χ4v) is 4.67. The Morgan fingerprint density at radius 3 is 2.48 bits per heavy atom. The van der Waals surface area contributed by atoms with Crippen LogP contribution in [0.4, 0.5) is 4.39 Å². The van der Waals surface area contributed by atoms with Crippen LogP contribution < -0.4 is 0 Å². The van der Waals surface area contributed by atoms with Crippen LogP contribution in [0.25, 0.3) is 0 Å². The molecule has 1 aromatic rings. The van der Waals surface area contributed by atoms with E-state index in [9.17, 15) is 9.18 Å². The maximum atomic E-state index is 14.0. The lowest BCUT2D eigenvalue weighted by molar-refractivity contribution is -0.132. The molecule has 1 amide bonds. The number of hydrogen-bond acceptors (Lipinski definition) is 4. The summed E-state index contributed by atoms with van der Waals surface area (Å²) in [5.74, 6) is 0.303. The predicted molar refractivity (Wildman–Crippen MR) is 113 cm³/mol. The van der Waals surface area contributed by atoms with Gasteiger partial charge in [-0.3, -0.25) is 14.6 Å². The maximum Gasteiger partial charge on any atom is 0.236 e. The van der Waals surface area contributed by atoms with Crippen LogP contribution in [0, 0.1) is 11.7 Å². The molecule has 7 heteroatoms. The minimum atomic E-state index is -0.371. The van der Waals surface area contributed by atoms with E-state index >= 15 is 0 Å². The van der Waals surface area contributed by atoms with Crippen LogP contribution in [0.15, 0.2) is 18.2 Å². The van der Waals surface area contributed by atoms with Crippen molar-refractivity contribution in [1.29, 1.82) is 0 Å². The minimum Gasteiger partial charge on any atom is -0.373 e. The second-order valence-corrected chi connectivity index (χ2v) is 9.05. The highest BCUT2D eigenvalue weighted by molar-refractivity contribution is 6.31. The van der Waals surface area contributed by atoms with Crippen LogP contribution in [-0.2, 0) is 16.1 Å². The largest absolute Gasteiger partial charge is 0.373 e. The van der Waals surface area contributed by atoms with Crippen molar-refractivity contribution in [3.05, 3.63) is 34.6 Å². The summed E-state index contributed by atoms with van der Waals surface area (Å²) in [6.07, 6.45) is 2.82. The summed E-state index contributed by atoms with van der Waals surface area (Å²) in [5, 5.41) is 0.359. The average Bonchev–Trinajstić information content (AvgIpc) is 2.65. The van der Waals surface area contributed by atoms with Gasteiger partial charge < -0.3 is 9.64 Å². The van der Waals surface area contributed by atoms with Crippen LogP contribution in [0.3, 0.4) is 0 Å². The third kappa shape index (κ3) is 6.38. The van der Waals surface area contributed by atoms with Gasteiger partial charge in [0.1, 0.15) is 5.82 Å². The summed E-state index contributed by atoms with van der Waals surface area (Å²) < 4.78 is 19.8. The monoisotopic (exact) mass is 425 g/mol. The molecule has 2 aliphatic rings. The number of ether oxygens (including phenoxy) is 1. The highest BCUT2D eigenvalue weighted by Gasteiger charge is 2.27. The van der Waals surface area contributed by atoms with E-state index in [2.05, 4.69) is 23.6 Å². The van der Waals surface area contributed by atoms with E-state index in [0.29, 0.717) is 35.3 Å². The molecule has 0 radical (unpaired) electrons. The van der Waals surface area contributed by atoms with E-state index in [1.807, 2.05) is 0 Å². The highest BCUT2D eigenvalue weighted by atomic mass is 35.5. The summed E-state index contributed by atoms with van der Waals surface area (Å²) in [6.45, 7) is 9.84. The van der Waals surface area contributed by atoms with Crippen LogP contribution in [0.1, 0.15) is 32.3 Å². The Balaban J connectivity index is 1.42. The zero-order chi connectivity index (χ0) is 21.0. The van der Waals surface area contributed by atoms with Gasteiger partial charge in [0.2, 0.25) is 5.91 Å². The minimum absolute atomic E-state index is 0.00130. The van der Waals surface area contributed by atoms with Crippen molar-refractivity contribution in [1.82, 2.24) is 14.7 Å². The lowest BCUT2D eigenvalue weighted by Gasteiger charge is -2.39. The zero-order valence-corrected chi connectivity index (χ0v) is 18.5. The van der Waals surface area contributed by atoms with Gasteiger partial charge in [0, 0.05) is 43.8 Å². The third-order valence-electron chi connectivity index (χ3n) is 5.96. The molecule has 2 heterocycles. The van der Waals surface area contributed by atoms with Crippen molar-refractivity contribution < 1.29 is 13.9 Å². The van der Waals surface area contributed by atoms with Crippen molar-refractivity contribution in [3.63, 3.8) is 0 Å². The molecular formula is C22H33ClFN3O2. The Labute approximate surface area is 178 Å². The van der Waals surface area contributed by atoms with Gasteiger partial charge >= 0.3 is 0 Å². The Hall–Kier alpha value is -1.21. The number of piperidine rings is 1. The summed E-state index contributed by atoms with van der Waals surface area (Å²) >= 11 is 6.08. The van der Waals surface area contributed by atoms with Crippen molar-refractivity contribution in [3.8, 4) is 0 Å². The van der Waals surface area contributed by atoms with E-state index in [4.69, 9.17) is 16.3 Å². The molecule has 0 saturated carbocycles. The van der Waals surface area contributed by atoms with Gasteiger partial charge in [-0.2, -0.15) is 0 Å². The molecule has 0 N–H and O–H groups in total. The number of likely N-dealkylation sites (N-methyl/N-ethyl adjacent to an activating group) is 1. The van der Waals surface area contributed by atoms with Gasteiger partial charge in [0.15, 0.2) is 0 Å². The molecule has 0 aliphatic carbocycles. The first-order valence-corrected chi connectivity index (χ1v) is 11.0. The first-order valence-electron chi connectivity index (χ1n) is 10.6. The number of halogens is 2. The molecule has 0 aromatic heterocycles. The van der Waals surface area contributed by atoms with Gasteiger partial charge in [-0.1, -0.05) is 17.7 Å². The molecule has 5 nitrogen and oxygen atoms in total. The normalized spacial score (nSPS) is 24.6. The van der Waals surface area contributed by atoms with Crippen molar-refractivity contribution in [2.24, 2.45) is 5.92 Å².